The van der Waals surface area contributed by atoms with Crippen molar-refractivity contribution in [2.45, 2.75) is 0 Å². The topological polar surface area (TPSA) is 9.23 Å². The summed E-state index contributed by atoms with van der Waals surface area (Å²) in [5, 5.41) is 47.5. The Bertz CT molecular complexity index is 10500. The lowest BCUT2D eigenvalue weighted by Gasteiger charge is -2.17. The Labute approximate surface area is 810 Å². The van der Waals surface area contributed by atoms with Crippen LogP contribution < -0.4 is 4.74 Å². The van der Waals surface area contributed by atoms with Crippen LogP contribution in [0.4, 0.5) is 0 Å². The number of thiophene rings is 4. The fourth-order valence-corrected chi connectivity index (χ4v) is 27.9. The van der Waals surface area contributed by atoms with Gasteiger partial charge in [-0.3, -0.25) is 0 Å². The van der Waals surface area contributed by atoms with Gasteiger partial charge in [0.15, 0.2) is 0 Å². The highest BCUT2D eigenvalue weighted by Gasteiger charge is 2.24. The van der Waals surface area contributed by atoms with Crippen LogP contribution in [0.5, 0.6) is 5.75 Å². The van der Waals surface area contributed by atoms with Crippen LogP contribution in [0, 0.1) is 0 Å². The van der Waals surface area contributed by atoms with E-state index in [0.717, 1.165) is 11.1 Å². The van der Waals surface area contributed by atoms with E-state index in [4.69, 9.17) is 4.74 Å². The summed E-state index contributed by atoms with van der Waals surface area (Å²) in [4.78, 5) is 0. The molecule has 0 aliphatic heterocycles. The van der Waals surface area contributed by atoms with E-state index >= 15 is 0 Å². The Morgan fingerprint density at radius 1 is 0.138 bits per heavy atom. The van der Waals surface area contributed by atoms with Crippen molar-refractivity contribution >= 4 is 277 Å². The standard InChI is InChI=1S/C36H20S.C36H22S.C31H20OS.C30H18S/c1-2-9-25-24(6-1)20-31(29-18-19-30-27-10-3-4-11-32(27)37-36(30)35(25)29)26-16-14-23-13-12-21-7-5-8-22-15-17-28(26)34(23)33(21)22;1-2-8-23(9-3-1)24-14-16-26(17-15-24)33-22-27-11-5-6-12-28(27)34-30(33)20-21-32-31-19-18-25-10-4-7-13-29(25)35(31)37-36(32)34;1-32-28-17-16-22(21-10-4-5-11-23(21)28)27-18-19-8-2-3-9-20(19)30-25(27)14-15-26-24-12-6-7-13-29(24)33-31(26)30;1-3-11-21-19(8-1)10-7-14-23(21)27-18-20-9-2-4-12-22(20)29-25(27)16-17-26-24-13-5-6-15-28(24)31-30(26)29/h1-20H;1-22H;2-18H,1H3;1-18H. The molecule has 0 radical (unpaired) electrons. The van der Waals surface area contributed by atoms with Crippen molar-refractivity contribution in [3.63, 3.8) is 0 Å². The number of methoxy groups -OCH3 is 1. The fraction of sp³-hybridized carbons (Fsp3) is 0.00752. The number of fused-ring (bicyclic) bond motifs is 32. The van der Waals surface area contributed by atoms with Crippen LogP contribution in [0.1, 0.15) is 0 Å². The Hall–Kier alpha value is -16.5. The van der Waals surface area contributed by atoms with Gasteiger partial charge in [-0.1, -0.05) is 419 Å². The SMILES string of the molecule is COc1ccc(-c2cc3ccccc3c3c2ccc2c4ccccc4sc23)c2ccccc12.c1ccc(-c2ccc(-c3cc4ccccc4c4c3ccc3c5ccc6ccccc6c5sc34)cc2)cc1.c1ccc2c(-c3cc4ccccc4c4c3ccc3c5ccccc5sc34)cccc2c1.c1ccc2c(c1)cc(-c1ccc3ccc4cccc5ccc1c3c45)c1ccc3c4ccccc4sc3c12. The molecule has 0 aliphatic rings. The predicted octanol–water partition coefficient (Wildman–Crippen LogP) is 40.1. The molecule has 0 aliphatic carbocycles. The normalized spacial score (nSPS) is 11.9. The molecule has 138 heavy (non-hydrogen) atoms. The van der Waals surface area contributed by atoms with Crippen LogP contribution in [-0.4, -0.2) is 7.11 Å². The fourth-order valence-electron chi connectivity index (χ4n) is 22.7. The molecule has 0 saturated heterocycles. The van der Waals surface area contributed by atoms with Crippen molar-refractivity contribution in [3.8, 4) is 61.4 Å². The van der Waals surface area contributed by atoms with Crippen molar-refractivity contribution in [2.24, 2.45) is 0 Å². The quantitative estimate of drug-likeness (QED) is 0.151. The molecule has 0 saturated carbocycles. The van der Waals surface area contributed by atoms with Crippen molar-refractivity contribution in [1.29, 1.82) is 0 Å². The van der Waals surface area contributed by atoms with E-state index in [1.807, 2.05) is 45.3 Å². The first kappa shape index (κ1) is 80.0. The Morgan fingerprint density at radius 2 is 0.428 bits per heavy atom. The smallest absolute Gasteiger partial charge is 0.126 e. The molecule has 0 spiro atoms. The highest BCUT2D eigenvalue weighted by atomic mass is 32.1. The third-order valence-corrected chi connectivity index (χ3v) is 33.9. The van der Waals surface area contributed by atoms with Crippen LogP contribution in [0.2, 0.25) is 0 Å². The lowest BCUT2D eigenvalue weighted by atomic mass is 9.87. The van der Waals surface area contributed by atoms with Gasteiger partial charge < -0.3 is 4.74 Å². The lowest BCUT2D eigenvalue weighted by Crippen LogP contribution is -1.89. The van der Waals surface area contributed by atoms with Gasteiger partial charge in [-0.15, -0.1) is 45.3 Å². The molecule has 4 heterocycles. The number of hydrogen-bond donors (Lipinski definition) is 0. The molecule has 31 rings (SSSR count). The first-order chi connectivity index (χ1) is 68.4. The van der Waals surface area contributed by atoms with Crippen molar-refractivity contribution in [3.05, 3.63) is 467 Å². The minimum atomic E-state index is 0.909. The molecule has 0 unspecified atom stereocenters. The summed E-state index contributed by atoms with van der Waals surface area (Å²) in [6.45, 7) is 0. The lowest BCUT2D eigenvalue weighted by molar-refractivity contribution is 0.420. The van der Waals surface area contributed by atoms with Gasteiger partial charge in [-0.2, -0.15) is 0 Å². The molecule has 4 aromatic heterocycles. The van der Waals surface area contributed by atoms with Crippen molar-refractivity contribution in [1.82, 2.24) is 0 Å². The van der Waals surface area contributed by atoms with Gasteiger partial charge in [0.05, 0.1) is 7.11 Å². The van der Waals surface area contributed by atoms with Gasteiger partial charge in [-0.05, 0) is 228 Å². The minimum absolute atomic E-state index is 0.909. The summed E-state index contributed by atoms with van der Waals surface area (Å²) >= 11 is 7.67. The van der Waals surface area contributed by atoms with Gasteiger partial charge in [0.1, 0.15) is 5.75 Å². The molecule has 31 aromatic rings. The first-order valence-corrected chi connectivity index (χ1v) is 50.5. The Balaban J connectivity index is 0.0000000909. The monoisotopic (exact) mass is 1820 g/mol. The molecule has 1 nitrogen and oxygen atoms in total. The maximum atomic E-state index is 5.67. The number of ether oxygens (including phenoxy) is 1. The predicted molar refractivity (Wildman–Crippen MR) is 607 cm³/mol. The van der Waals surface area contributed by atoms with Gasteiger partial charge in [-0.25, -0.2) is 0 Å². The molecule has 27 aromatic carbocycles. The molecule has 0 N–H and O–H groups in total. The molecule has 5 heteroatoms. The van der Waals surface area contributed by atoms with E-state index in [2.05, 4.69) is 467 Å². The summed E-state index contributed by atoms with van der Waals surface area (Å²) < 4.78 is 16.6. The molecular formula is C133H80OS4. The molecular weight excluding hydrogens is 1740 g/mol. The average molecular weight is 1820 g/mol. The zero-order valence-corrected chi connectivity index (χ0v) is 78.3. The third kappa shape index (κ3) is 12.8. The molecule has 0 fully saturated rings. The molecule has 0 bridgehead atoms. The van der Waals surface area contributed by atoms with Crippen molar-refractivity contribution in [2.75, 3.05) is 7.11 Å². The number of hydrogen-bond acceptors (Lipinski definition) is 5. The Kier molecular flexibility index (Phi) is 18.8. The van der Waals surface area contributed by atoms with Crippen LogP contribution in [0.15, 0.2) is 467 Å². The molecule has 0 amide bonds. The van der Waals surface area contributed by atoms with Gasteiger partial charge in [0.25, 0.3) is 0 Å². The summed E-state index contributed by atoms with van der Waals surface area (Å²) in [6, 6.07) is 171. The van der Waals surface area contributed by atoms with Crippen LogP contribution in [-0.2, 0) is 0 Å². The third-order valence-electron chi connectivity index (χ3n) is 29.0. The van der Waals surface area contributed by atoms with E-state index in [1.165, 1.54) is 282 Å². The molecule has 642 valence electrons. The van der Waals surface area contributed by atoms with E-state index < -0.39 is 0 Å². The zero-order chi connectivity index (χ0) is 90.7. The van der Waals surface area contributed by atoms with Crippen LogP contribution >= 0.6 is 45.3 Å². The first-order valence-electron chi connectivity index (χ1n) is 47.2. The summed E-state index contributed by atoms with van der Waals surface area (Å²) in [6.07, 6.45) is 0. The van der Waals surface area contributed by atoms with Crippen LogP contribution in [0.25, 0.3) is 287 Å². The van der Waals surface area contributed by atoms with Gasteiger partial charge in [0, 0.05) is 108 Å². The zero-order valence-electron chi connectivity index (χ0n) is 75.0. The second-order valence-electron chi connectivity index (χ2n) is 36.4. The Morgan fingerprint density at radius 3 is 0.935 bits per heavy atom. The highest BCUT2D eigenvalue weighted by Crippen LogP contribution is 2.53. The maximum absolute atomic E-state index is 5.67. The summed E-state index contributed by atoms with van der Waals surface area (Å²) in [5.41, 5.74) is 12.8. The van der Waals surface area contributed by atoms with E-state index in [9.17, 15) is 0 Å². The van der Waals surface area contributed by atoms with Gasteiger partial charge >= 0.3 is 0 Å². The van der Waals surface area contributed by atoms with Crippen molar-refractivity contribution < 1.29 is 4.74 Å². The highest BCUT2D eigenvalue weighted by molar-refractivity contribution is 7.28. The van der Waals surface area contributed by atoms with E-state index in [0.29, 0.717) is 0 Å². The van der Waals surface area contributed by atoms with Crippen LogP contribution in [0.3, 0.4) is 0 Å². The second kappa shape index (κ2) is 32.4. The molecule has 0 atom stereocenters. The minimum Gasteiger partial charge on any atom is -0.496 e. The van der Waals surface area contributed by atoms with E-state index in [-0.39, 0.29) is 0 Å². The largest absolute Gasteiger partial charge is 0.496 e. The van der Waals surface area contributed by atoms with E-state index in [1.54, 1.807) is 7.11 Å². The van der Waals surface area contributed by atoms with Gasteiger partial charge in [0.2, 0.25) is 0 Å². The summed E-state index contributed by atoms with van der Waals surface area (Å²) in [7, 11) is 1.74. The second-order valence-corrected chi connectivity index (χ2v) is 40.6. The number of benzene rings is 27. The maximum Gasteiger partial charge on any atom is 0.126 e. The summed E-state index contributed by atoms with van der Waals surface area (Å²) in [5.74, 6) is 0.909. The average Bonchev–Trinajstić information content (AvgIpc) is 1.53. The number of rotatable bonds is 6.